The van der Waals surface area contributed by atoms with E-state index in [1.54, 1.807) is 6.92 Å². The maximum atomic E-state index is 13.0. The molecule has 0 saturated heterocycles. The van der Waals surface area contributed by atoms with Gasteiger partial charge >= 0.3 is 0 Å². The summed E-state index contributed by atoms with van der Waals surface area (Å²) in [5.74, 6) is -0.642. The zero-order valence-electron chi connectivity index (χ0n) is 7.57. The predicted molar refractivity (Wildman–Crippen MR) is 59.2 cm³/mol. The van der Waals surface area contributed by atoms with Crippen molar-refractivity contribution in [2.24, 2.45) is 0 Å². The Morgan fingerprint density at radius 3 is 2.50 bits per heavy atom. The maximum Gasteiger partial charge on any atom is 0.134 e. The molecule has 0 aliphatic rings. The Bertz CT molecular complexity index is 413. The molecular formula is C10H8Cl2FN. The standard InChI is InChI=1S/C10H8Cl2FN/c1-4-7-8(6(3)13)9(11)5(2)10(12)14-7/h4H,1,3H2,2H3. The fraction of sp³-hybridized carbons (Fsp3) is 0.100. The summed E-state index contributed by atoms with van der Waals surface area (Å²) in [6, 6.07) is 0. The molecule has 0 saturated carbocycles. The number of hydrogen-bond acceptors (Lipinski definition) is 1. The normalized spacial score (nSPS) is 10.0. The minimum absolute atomic E-state index is 0.156. The van der Waals surface area contributed by atoms with E-state index >= 15 is 0 Å². The van der Waals surface area contributed by atoms with E-state index in [0.29, 0.717) is 11.3 Å². The summed E-state index contributed by atoms with van der Waals surface area (Å²) >= 11 is 11.7. The molecule has 1 aromatic heterocycles. The van der Waals surface area contributed by atoms with Gasteiger partial charge in [-0.3, -0.25) is 0 Å². The summed E-state index contributed by atoms with van der Waals surface area (Å²) in [6.07, 6.45) is 1.39. The van der Waals surface area contributed by atoms with Gasteiger partial charge in [0.1, 0.15) is 11.0 Å². The molecule has 1 heterocycles. The molecule has 1 rings (SSSR count). The Labute approximate surface area is 91.9 Å². The number of aromatic nitrogens is 1. The van der Waals surface area contributed by atoms with Crippen molar-refractivity contribution in [3.05, 3.63) is 40.2 Å². The van der Waals surface area contributed by atoms with E-state index in [9.17, 15) is 4.39 Å². The Morgan fingerprint density at radius 1 is 1.50 bits per heavy atom. The minimum Gasteiger partial charge on any atom is -0.236 e. The van der Waals surface area contributed by atoms with Crippen LogP contribution < -0.4 is 0 Å². The van der Waals surface area contributed by atoms with E-state index in [0.717, 1.165) is 0 Å². The number of halogens is 3. The van der Waals surface area contributed by atoms with Crippen LogP contribution in [0.25, 0.3) is 11.9 Å². The average molecular weight is 232 g/mol. The molecule has 0 amide bonds. The number of pyridine rings is 1. The molecule has 0 aliphatic carbocycles. The van der Waals surface area contributed by atoms with Crippen LogP contribution in [0.4, 0.5) is 4.39 Å². The zero-order valence-corrected chi connectivity index (χ0v) is 9.08. The van der Waals surface area contributed by atoms with Gasteiger partial charge in [0.05, 0.1) is 16.3 Å². The van der Waals surface area contributed by atoms with Crippen LogP contribution in [0, 0.1) is 6.92 Å². The second kappa shape index (κ2) is 4.11. The van der Waals surface area contributed by atoms with Gasteiger partial charge in [-0.2, -0.15) is 0 Å². The second-order valence-corrected chi connectivity index (χ2v) is 3.45. The molecule has 0 aliphatic heterocycles. The molecule has 0 radical (unpaired) electrons. The molecule has 0 atom stereocenters. The summed E-state index contributed by atoms with van der Waals surface area (Å²) in [4.78, 5) is 3.94. The molecule has 14 heavy (non-hydrogen) atoms. The molecule has 0 N–H and O–H groups in total. The molecule has 0 unspecified atom stereocenters. The van der Waals surface area contributed by atoms with Gasteiger partial charge in [0, 0.05) is 5.56 Å². The third-order valence-corrected chi connectivity index (χ3v) is 2.64. The SMILES string of the molecule is C=Cc1nc(Cl)c(C)c(Cl)c1C(=C)F. The van der Waals surface area contributed by atoms with Crippen molar-refractivity contribution in [2.45, 2.75) is 6.92 Å². The molecule has 0 spiro atoms. The van der Waals surface area contributed by atoms with Gasteiger partial charge in [-0.05, 0) is 13.0 Å². The van der Waals surface area contributed by atoms with Crippen molar-refractivity contribution >= 4 is 35.1 Å². The Kier molecular flexibility index (Phi) is 3.29. The summed E-state index contributed by atoms with van der Waals surface area (Å²) in [7, 11) is 0. The first-order valence-electron chi connectivity index (χ1n) is 3.81. The highest BCUT2D eigenvalue weighted by atomic mass is 35.5. The topological polar surface area (TPSA) is 12.9 Å². The number of rotatable bonds is 2. The van der Waals surface area contributed by atoms with E-state index in [1.165, 1.54) is 6.08 Å². The van der Waals surface area contributed by atoms with Crippen molar-refractivity contribution in [3.8, 4) is 0 Å². The largest absolute Gasteiger partial charge is 0.236 e. The summed E-state index contributed by atoms with van der Waals surface area (Å²) in [6.45, 7) is 8.35. The summed E-state index contributed by atoms with van der Waals surface area (Å²) in [5.41, 5.74) is 0.995. The lowest BCUT2D eigenvalue weighted by Gasteiger charge is -2.09. The smallest absolute Gasteiger partial charge is 0.134 e. The first-order valence-corrected chi connectivity index (χ1v) is 4.57. The van der Waals surface area contributed by atoms with Crippen LogP contribution in [0.1, 0.15) is 16.8 Å². The molecule has 1 nitrogen and oxygen atoms in total. The lowest BCUT2D eigenvalue weighted by Crippen LogP contribution is -1.95. The van der Waals surface area contributed by atoms with Gasteiger partial charge in [0.2, 0.25) is 0 Å². The van der Waals surface area contributed by atoms with E-state index in [2.05, 4.69) is 18.1 Å². The van der Waals surface area contributed by atoms with Crippen molar-refractivity contribution in [3.63, 3.8) is 0 Å². The van der Waals surface area contributed by atoms with Gasteiger partial charge in [0.15, 0.2) is 0 Å². The first kappa shape index (κ1) is 11.2. The van der Waals surface area contributed by atoms with Crippen molar-refractivity contribution in [2.75, 3.05) is 0 Å². The van der Waals surface area contributed by atoms with E-state index < -0.39 is 5.83 Å². The highest BCUT2D eigenvalue weighted by Gasteiger charge is 2.15. The van der Waals surface area contributed by atoms with E-state index in [4.69, 9.17) is 23.2 Å². The number of nitrogens with zero attached hydrogens (tertiary/aromatic N) is 1. The fourth-order valence-electron chi connectivity index (χ4n) is 1.04. The van der Waals surface area contributed by atoms with Crippen LogP contribution in [0.3, 0.4) is 0 Å². The van der Waals surface area contributed by atoms with Crippen LogP contribution in [0.2, 0.25) is 10.2 Å². The lowest BCUT2D eigenvalue weighted by atomic mass is 10.1. The molecule has 0 aromatic carbocycles. The zero-order chi connectivity index (χ0) is 10.9. The maximum absolute atomic E-state index is 13.0. The van der Waals surface area contributed by atoms with Crippen molar-refractivity contribution in [1.82, 2.24) is 4.98 Å². The highest BCUT2D eigenvalue weighted by Crippen LogP contribution is 2.33. The van der Waals surface area contributed by atoms with Gasteiger partial charge in [0.25, 0.3) is 0 Å². The first-order chi connectivity index (χ1) is 6.49. The third kappa shape index (κ3) is 1.81. The van der Waals surface area contributed by atoms with Crippen LogP contribution in [0.5, 0.6) is 0 Å². The molecular weight excluding hydrogens is 224 g/mol. The predicted octanol–water partition coefficient (Wildman–Crippen LogP) is 4.28. The Hall–Kier alpha value is -0.860. The molecule has 74 valence electrons. The van der Waals surface area contributed by atoms with Crippen LogP contribution in [-0.4, -0.2) is 4.98 Å². The van der Waals surface area contributed by atoms with Gasteiger partial charge in [-0.15, -0.1) is 0 Å². The van der Waals surface area contributed by atoms with Crippen molar-refractivity contribution in [1.29, 1.82) is 0 Å². The van der Waals surface area contributed by atoms with Crippen LogP contribution >= 0.6 is 23.2 Å². The molecule has 0 fully saturated rings. The monoisotopic (exact) mass is 231 g/mol. The van der Waals surface area contributed by atoms with Gasteiger partial charge in [-0.1, -0.05) is 36.4 Å². The summed E-state index contributed by atoms with van der Waals surface area (Å²) < 4.78 is 13.0. The van der Waals surface area contributed by atoms with Crippen molar-refractivity contribution < 1.29 is 4.39 Å². The van der Waals surface area contributed by atoms with E-state index in [-0.39, 0.29) is 15.7 Å². The van der Waals surface area contributed by atoms with Gasteiger partial charge < -0.3 is 0 Å². The molecule has 1 aromatic rings. The Balaban J connectivity index is 3.61. The molecule has 0 bridgehead atoms. The Morgan fingerprint density at radius 2 is 2.07 bits per heavy atom. The van der Waals surface area contributed by atoms with E-state index in [1.807, 2.05) is 0 Å². The highest BCUT2D eigenvalue weighted by molar-refractivity contribution is 6.36. The fourth-order valence-corrected chi connectivity index (χ4v) is 1.56. The minimum atomic E-state index is -0.642. The van der Waals surface area contributed by atoms with Gasteiger partial charge in [-0.25, -0.2) is 9.37 Å². The number of hydrogen-bond donors (Lipinski definition) is 0. The lowest BCUT2D eigenvalue weighted by molar-refractivity contribution is 0.761. The average Bonchev–Trinajstić information content (AvgIpc) is 2.12. The van der Waals surface area contributed by atoms with Crippen LogP contribution in [0.15, 0.2) is 13.2 Å². The molecule has 4 heteroatoms. The third-order valence-electron chi connectivity index (χ3n) is 1.80. The summed E-state index contributed by atoms with van der Waals surface area (Å²) in [5, 5.41) is 0.474. The second-order valence-electron chi connectivity index (χ2n) is 2.71. The quantitative estimate of drug-likeness (QED) is 0.693. The van der Waals surface area contributed by atoms with Crippen LogP contribution in [-0.2, 0) is 0 Å².